The Balaban J connectivity index is 1.81. The van der Waals surface area contributed by atoms with Gasteiger partial charge in [-0.3, -0.25) is 13.9 Å². The highest BCUT2D eigenvalue weighted by Crippen LogP contribution is 2.31. The molecule has 0 aliphatic heterocycles. The zero-order valence-electron chi connectivity index (χ0n) is 24.7. The zero-order chi connectivity index (χ0) is 32.4. The fraction of sp³-hybridized carbons (Fsp3) is 0.235. The first kappa shape index (κ1) is 34.0. The summed E-state index contributed by atoms with van der Waals surface area (Å²) in [6.45, 7) is 1.41. The lowest BCUT2D eigenvalue weighted by atomic mass is 10.0. The lowest BCUT2D eigenvalue weighted by Crippen LogP contribution is -2.53. The van der Waals surface area contributed by atoms with E-state index < -0.39 is 40.2 Å². The van der Waals surface area contributed by atoms with Crippen molar-refractivity contribution >= 4 is 50.7 Å². The minimum atomic E-state index is -4.31. The van der Waals surface area contributed by atoms with Gasteiger partial charge in [0.2, 0.25) is 11.8 Å². The molecule has 4 aromatic rings. The van der Waals surface area contributed by atoms with Crippen molar-refractivity contribution in [2.75, 3.05) is 17.4 Å². The van der Waals surface area contributed by atoms with E-state index in [9.17, 15) is 18.0 Å². The molecule has 0 aromatic heterocycles. The van der Waals surface area contributed by atoms with Crippen LogP contribution in [-0.4, -0.2) is 44.3 Å². The summed E-state index contributed by atoms with van der Waals surface area (Å²) < 4.78 is 43.9. The predicted molar refractivity (Wildman–Crippen MR) is 176 cm³/mol. The molecule has 11 heteroatoms. The fourth-order valence-electron chi connectivity index (χ4n) is 4.76. The Morgan fingerprint density at radius 2 is 1.51 bits per heavy atom. The van der Waals surface area contributed by atoms with Crippen molar-refractivity contribution in [1.82, 2.24) is 10.2 Å². The number of unbranched alkanes of at least 4 members (excludes halogenated alkanes) is 1. The quantitative estimate of drug-likeness (QED) is 0.148. The minimum Gasteiger partial charge on any atom is -0.354 e. The maximum atomic E-state index is 15.0. The van der Waals surface area contributed by atoms with Crippen LogP contribution in [0.5, 0.6) is 0 Å². The van der Waals surface area contributed by atoms with Crippen LogP contribution in [0.3, 0.4) is 0 Å². The highest BCUT2D eigenvalue weighted by atomic mass is 35.5. The van der Waals surface area contributed by atoms with Gasteiger partial charge in [0.05, 0.1) is 20.6 Å². The SMILES string of the molecule is CCCCNC(=O)[C@@H](Cc1ccccc1)N(Cc1ccccc1F)C(=O)CN(c1ccc(Cl)c(Cl)c1)S(=O)(=O)c1ccccc1. The van der Waals surface area contributed by atoms with E-state index in [1.54, 1.807) is 24.3 Å². The molecule has 4 aromatic carbocycles. The van der Waals surface area contributed by atoms with Crippen molar-refractivity contribution in [2.24, 2.45) is 0 Å². The van der Waals surface area contributed by atoms with Crippen LogP contribution >= 0.6 is 23.2 Å². The monoisotopic (exact) mass is 669 g/mol. The first-order chi connectivity index (χ1) is 21.6. The Morgan fingerprint density at radius 1 is 0.867 bits per heavy atom. The smallest absolute Gasteiger partial charge is 0.264 e. The van der Waals surface area contributed by atoms with Gasteiger partial charge in [-0.2, -0.15) is 0 Å². The molecule has 0 heterocycles. The molecule has 0 aliphatic rings. The molecule has 236 valence electrons. The molecule has 7 nitrogen and oxygen atoms in total. The van der Waals surface area contributed by atoms with Crippen LogP contribution in [0.4, 0.5) is 10.1 Å². The average Bonchev–Trinajstić information content (AvgIpc) is 3.04. The van der Waals surface area contributed by atoms with E-state index in [0.717, 1.165) is 22.7 Å². The lowest BCUT2D eigenvalue weighted by molar-refractivity contribution is -0.140. The van der Waals surface area contributed by atoms with Gasteiger partial charge in [-0.05, 0) is 48.4 Å². The normalized spacial score (nSPS) is 11.9. The van der Waals surface area contributed by atoms with Gasteiger partial charge in [0.15, 0.2) is 0 Å². The summed E-state index contributed by atoms with van der Waals surface area (Å²) in [5.74, 6) is -1.70. The van der Waals surface area contributed by atoms with E-state index in [4.69, 9.17) is 23.2 Å². The first-order valence-corrected chi connectivity index (χ1v) is 16.7. The van der Waals surface area contributed by atoms with Gasteiger partial charge in [-0.1, -0.05) is 103 Å². The van der Waals surface area contributed by atoms with Crippen LogP contribution < -0.4 is 9.62 Å². The van der Waals surface area contributed by atoms with Crippen molar-refractivity contribution in [2.45, 2.75) is 43.7 Å². The van der Waals surface area contributed by atoms with Crippen molar-refractivity contribution in [1.29, 1.82) is 0 Å². The van der Waals surface area contributed by atoms with Crippen LogP contribution in [-0.2, 0) is 32.6 Å². The summed E-state index contributed by atoms with van der Waals surface area (Å²) in [7, 11) is -4.31. The number of hydrogen-bond acceptors (Lipinski definition) is 4. The molecule has 1 atom stereocenters. The van der Waals surface area contributed by atoms with Crippen molar-refractivity contribution < 1.29 is 22.4 Å². The Kier molecular flexibility index (Phi) is 12.0. The Bertz CT molecular complexity index is 1710. The highest BCUT2D eigenvalue weighted by Gasteiger charge is 2.35. The molecule has 0 spiro atoms. The number of hydrogen-bond donors (Lipinski definition) is 1. The van der Waals surface area contributed by atoms with E-state index in [0.29, 0.717) is 6.54 Å². The number of nitrogens with zero attached hydrogens (tertiary/aromatic N) is 2. The van der Waals surface area contributed by atoms with Gasteiger partial charge in [-0.15, -0.1) is 0 Å². The molecule has 0 aliphatic carbocycles. The number of halogens is 3. The lowest BCUT2D eigenvalue weighted by Gasteiger charge is -2.34. The standard InChI is InChI=1S/C34H34Cl2FN3O4S/c1-2-3-20-38-34(42)32(21-25-12-6-4-7-13-25)39(23-26-14-10-11-17-31(26)37)33(41)24-40(27-18-19-29(35)30(36)22-27)45(43,44)28-15-8-5-9-16-28/h4-19,22,32H,2-3,20-21,23-24H2,1H3,(H,38,42)/t32-/m1/s1. The van der Waals surface area contributed by atoms with Gasteiger partial charge in [0.25, 0.3) is 10.0 Å². The van der Waals surface area contributed by atoms with Crippen LogP contribution in [0.15, 0.2) is 108 Å². The summed E-state index contributed by atoms with van der Waals surface area (Å²) >= 11 is 12.4. The molecule has 1 N–H and O–H groups in total. The molecule has 2 amide bonds. The van der Waals surface area contributed by atoms with Gasteiger partial charge in [0.1, 0.15) is 18.4 Å². The molecule has 4 rings (SSSR count). The number of benzene rings is 4. The molecule has 0 saturated heterocycles. The number of carbonyl (C=O) groups excluding carboxylic acids is 2. The summed E-state index contributed by atoms with van der Waals surface area (Å²) in [5.41, 5.74) is 1.05. The second-order valence-corrected chi connectivity index (χ2v) is 13.1. The van der Waals surface area contributed by atoms with Crippen molar-refractivity contribution in [3.63, 3.8) is 0 Å². The van der Waals surface area contributed by atoms with Crippen molar-refractivity contribution in [3.8, 4) is 0 Å². The molecule has 0 radical (unpaired) electrons. The van der Waals surface area contributed by atoms with E-state index in [-0.39, 0.29) is 39.2 Å². The Morgan fingerprint density at radius 3 is 2.16 bits per heavy atom. The van der Waals surface area contributed by atoms with Gasteiger partial charge in [-0.25, -0.2) is 12.8 Å². The largest absolute Gasteiger partial charge is 0.354 e. The minimum absolute atomic E-state index is 0.0531. The molecule has 45 heavy (non-hydrogen) atoms. The first-order valence-electron chi connectivity index (χ1n) is 14.5. The molecule has 0 fully saturated rings. The second kappa shape index (κ2) is 15.9. The average molecular weight is 671 g/mol. The maximum absolute atomic E-state index is 15.0. The van der Waals surface area contributed by atoms with E-state index in [2.05, 4.69) is 5.32 Å². The molecule has 0 saturated carbocycles. The summed E-state index contributed by atoms with van der Waals surface area (Å²) in [5, 5.41) is 3.20. The topological polar surface area (TPSA) is 86.8 Å². The number of sulfonamides is 1. The Hall–Kier alpha value is -3.92. The highest BCUT2D eigenvalue weighted by molar-refractivity contribution is 7.92. The predicted octanol–water partition coefficient (Wildman–Crippen LogP) is 6.88. The summed E-state index contributed by atoms with van der Waals surface area (Å²) in [6, 6.07) is 25.9. The Labute approximate surface area is 273 Å². The van der Waals surface area contributed by atoms with Crippen LogP contribution in [0.1, 0.15) is 30.9 Å². The zero-order valence-corrected chi connectivity index (χ0v) is 27.0. The summed E-state index contributed by atoms with van der Waals surface area (Å²) in [4.78, 5) is 29.3. The molecule has 0 unspecified atom stereocenters. The summed E-state index contributed by atoms with van der Waals surface area (Å²) in [6.07, 6.45) is 1.69. The number of amides is 2. The second-order valence-electron chi connectivity index (χ2n) is 10.4. The molecular formula is C34H34Cl2FN3O4S. The van der Waals surface area contributed by atoms with E-state index >= 15 is 4.39 Å². The molecular weight excluding hydrogens is 636 g/mol. The number of carbonyl (C=O) groups is 2. The van der Waals surface area contributed by atoms with Crippen LogP contribution in [0, 0.1) is 5.82 Å². The van der Waals surface area contributed by atoms with Crippen molar-refractivity contribution in [3.05, 3.63) is 130 Å². The molecule has 0 bridgehead atoms. The fourth-order valence-corrected chi connectivity index (χ4v) is 6.48. The third kappa shape index (κ3) is 8.84. The number of rotatable bonds is 14. The van der Waals surface area contributed by atoms with E-state index in [1.165, 1.54) is 53.4 Å². The third-order valence-electron chi connectivity index (χ3n) is 7.20. The maximum Gasteiger partial charge on any atom is 0.264 e. The van der Waals surface area contributed by atoms with Gasteiger partial charge >= 0.3 is 0 Å². The number of nitrogens with one attached hydrogen (secondary N) is 1. The van der Waals surface area contributed by atoms with Crippen LogP contribution in [0.2, 0.25) is 10.0 Å². The van der Waals surface area contributed by atoms with Gasteiger partial charge in [0, 0.05) is 25.1 Å². The third-order valence-corrected chi connectivity index (χ3v) is 9.73. The van der Waals surface area contributed by atoms with Gasteiger partial charge < -0.3 is 10.2 Å². The van der Waals surface area contributed by atoms with E-state index in [1.807, 2.05) is 37.3 Å². The number of anilines is 1. The van der Waals surface area contributed by atoms with Crippen LogP contribution in [0.25, 0.3) is 0 Å².